The Bertz CT molecular complexity index is 473. The summed E-state index contributed by atoms with van der Waals surface area (Å²) in [4.78, 5) is 14.2. The number of benzene rings is 1. The van der Waals surface area contributed by atoms with E-state index >= 15 is 0 Å². The second-order valence-corrected chi connectivity index (χ2v) is 5.13. The lowest BCUT2D eigenvalue weighted by Crippen LogP contribution is -2.43. The lowest BCUT2D eigenvalue weighted by molar-refractivity contribution is -0.136. The van der Waals surface area contributed by atoms with Gasteiger partial charge in [0.05, 0.1) is 12.2 Å². The summed E-state index contributed by atoms with van der Waals surface area (Å²) in [5, 5.41) is 9.26. The molecule has 1 atom stereocenters. The van der Waals surface area contributed by atoms with Gasteiger partial charge in [-0.2, -0.15) is 5.26 Å². The molecule has 4 heteroatoms. The SMILES string of the molecule is COC1CCN(C(=O)C(C#N)Cc2ccccc2)CC1. The molecular formula is C16H20N2O2. The van der Waals surface area contributed by atoms with Crippen LogP contribution in [-0.4, -0.2) is 37.1 Å². The molecule has 1 unspecified atom stereocenters. The zero-order valence-corrected chi connectivity index (χ0v) is 11.8. The fourth-order valence-corrected chi connectivity index (χ4v) is 2.57. The maximum Gasteiger partial charge on any atom is 0.240 e. The molecule has 0 aliphatic carbocycles. The Morgan fingerprint density at radius 1 is 1.40 bits per heavy atom. The number of piperidine rings is 1. The Morgan fingerprint density at radius 3 is 2.60 bits per heavy atom. The van der Waals surface area contributed by atoms with Crippen molar-refractivity contribution in [2.24, 2.45) is 5.92 Å². The van der Waals surface area contributed by atoms with Gasteiger partial charge in [0.25, 0.3) is 0 Å². The van der Waals surface area contributed by atoms with Crippen molar-refractivity contribution >= 4 is 5.91 Å². The molecule has 0 spiro atoms. The number of hydrogen-bond donors (Lipinski definition) is 0. The number of carbonyl (C=O) groups excluding carboxylic acids is 1. The van der Waals surface area contributed by atoms with E-state index in [0.29, 0.717) is 19.5 Å². The first kappa shape index (κ1) is 14.5. The van der Waals surface area contributed by atoms with Crippen LogP contribution in [-0.2, 0) is 16.0 Å². The van der Waals surface area contributed by atoms with Crippen molar-refractivity contribution in [3.8, 4) is 6.07 Å². The fraction of sp³-hybridized carbons (Fsp3) is 0.500. The highest BCUT2D eigenvalue weighted by Gasteiger charge is 2.28. The smallest absolute Gasteiger partial charge is 0.240 e. The van der Waals surface area contributed by atoms with Gasteiger partial charge in [0.15, 0.2) is 0 Å². The second kappa shape index (κ2) is 7.06. The van der Waals surface area contributed by atoms with Crippen LogP contribution in [0.4, 0.5) is 0 Å². The highest BCUT2D eigenvalue weighted by Crippen LogP contribution is 2.17. The number of likely N-dealkylation sites (tertiary alicyclic amines) is 1. The number of hydrogen-bond acceptors (Lipinski definition) is 3. The van der Waals surface area contributed by atoms with Crippen LogP contribution >= 0.6 is 0 Å². The number of ether oxygens (including phenoxy) is 1. The van der Waals surface area contributed by atoms with E-state index in [1.54, 1.807) is 12.0 Å². The first-order valence-corrected chi connectivity index (χ1v) is 6.99. The normalized spacial score (nSPS) is 17.5. The number of nitrogens with zero attached hydrogens (tertiary/aromatic N) is 2. The molecule has 1 aromatic rings. The molecule has 1 amide bonds. The molecular weight excluding hydrogens is 252 g/mol. The van der Waals surface area contributed by atoms with Crippen molar-refractivity contribution in [3.05, 3.63) is 35.9 Å². The average Bonchev–Trinajstić information content (AvgIpc) is 2.53. The molecule has 0 radical (unpaired) electrons. The van der Waals surface area contributed by atoms with Crippen molar-refractivity contribution in [1.82, 2.24) is 4.90 Å². The van der Waals surface area contributed by atoms with E-state index in [4.69, 9.17) is 4.74 Å². The zero-order valence-electron chi connectivity index (χ0n) is 11.8. The van der Waals surface area contributed by atoms with Gasteiger partial charge in [-0.1, -0.05) is 30.3 Å². The third-order valence-electron chi connectivity index (χ3n) is 3.82. The molecule has 0 N–H and O–H groups in total. The lowest BCUT2D eigenvalue weighted by atomic mass is 9.98. The second-order valence-electron chi connectivity index (χ2n) is 5.13. The van der Waals surface area contributed by atoms with E-state index in [1.165, 1.54) is 0 Å². The van der Waals surface area contributed by atoms with E-state index in [9.17, 15) is 10.1 Å². The topological polar surface area (TPSA) is 53.3 Å². The monoisotopic (exact) mass is 272 g/mol. The summed E-state index contributed by atoms with van der Waals surface area (Å²) in [5.41, 5.74) is 1.03. The average molecular weight is 272 g/mol. The van der Waals surface area contributed by atoms with E-state index in [0.717, 1.165) is 18.4 Å². The minimum Gasteiger partial charge on any atom is -0.381 e. The maximum atomic E-state index is 12.4. The van der Waals surface area contributed by atoms with Crippen LogP contribution in [0.25, 0.3) is 0 Å². The molecule has 1 aliphatic rings. The Morgan fingerprint density at radius 2 is 2.05 bits per heavy atom. The minimum atomic E-state index is -0.587. The van der Waals surface area contributed by atoms with Gasteiger partial charge in [0, 0.05) is 20.2 Å². The summed E-state index contributed by atoms with van der Waals surface area (Å²) < 4.78 is 5.30. The molecule has 1 heterocycles. The fourth-order valence-electron chi connectivity index (χ4n) is 2.57. The third-order valence-corrected chi connectivity index (χ3v) is 3.82. The molecule has 1 aliphatic heterocycles. The van der Waals surface area contributed by atoms with Crippen molar-refractivity contribution in [2.75, 3.05) is 20.2 Å². The van der Waals surface area contributed by atoms with Crippen LogP contribution in [0, 0.1) is 17.2 Å². The first-order valence-electron chi connectivity index (χ1n) is 6.99. The molecule has 2 rings (SSSR count). The van der Waals surface area contributed by atoms with Crippen LogP contribution in [0.15, 0.2) is 30.3 Å². The van der Waals surface area contributed by atoms with Gasteiger partial charge in [-0.05, 0) is 24.8 Å². The third kappa shape index (κ3) is 3.58. The van der Waals surface area contributed by atoms with Gasteiger partial charge in [-0.25, -0.2) is 0 Å². The molecule has 1 fully saturated rings. The van der Waals surface area contributed by atoms with Crippen molar-refractivity contribution < 1.29 is 9.53 Å². The Hall–Kier alpha value is -1.86. The Labute approximate surface area is 120 Å². The largest absolute Gasteiger partial charge is 0.381 e. The van der Waals surface area contributed by atoms with Crippen molar-refractivity contribution in [1.29, 1.82) is 5.26 Å². The number of nitriles is 1. The quantitative estimate of drug-likeness (QED) is 0.842. The number of rotatable bonds is 4. The predicted octanol–water partition coefficient (Wildman–Crippen LogP) is 2.01. The summed E-state index contributed by atoms with van der Waals surface area (Å²) in [5.74, 6) is -0.637. The predicted molar refractivity (Wildman–Crippen MR) is 75.9 cm³/mol. The van der Waals surface area contributed by atoms with Gasteiger partial charge in [-0.15, -0.1) is 0 Å². The highest BCUT2D eigenvalue weighted by molar-refractivity contribution is 5.81. The molecule has 20 heavy (non-hydrogen) atoms. The minimum absolute atomic E-state index is 0.0501. The van der Waals surface area contributed by atoms with Crippen LogP contribution in [0.2, 0.25) is 0 Å². The van der Waals surface area contributed by atoms with Crippen LogP contribution < -0.4 is 0 Å². The summed E-state index contributed by atoms with van der Waals surface area (Å²) in [6.07, 6.45) is 2.44. The van der Waals surface area contributed by atoms with Gasteiger partial charge in [0.1, 0.15) is 5.92 Å². The van der Waals surface area contributed by atoms with E-state index in [1.807, 2.05) is 30.3 Å². The molecule has 1 saturated heterocycles. The van der Waals surface area contributed by atoms with Crippen molar-refractivity contribution in [2.45, 2.75) is 25.4 Å². The number of amides is 1. The Balaban J connectivity index is 1.95. The van der Waals surface area contributed by atoms with Gasteiger partial charge in [0.2, 0.25) is 5.91 Å². The molecule has 106 valence electrons. The number of methoxy groups -OCH3 is 1. The Kier molecular flexibility index (Phi) is 5.14. The summed E-state index contributed by atoms with van der Waals surface area (Å²) in [6.45, 7) is 1.37. The van der Waals surface area contributed by atoms with Crippen LogP contribution in [0.5, 0.6) is 0 Å². The molecule has 4 nitrogen and oxygen atoms in total. The van der Waals surface area contributed by atoms with Crippen LogP contribution in [0.3, 0.4) is 0 Å². The van der Waals surface area contributed by atoms with Gasteiger partial charge < -0.3 is 9.64 Å². The molecule has 1 aromatic carbocycles. The summed E-state index contributed by atoms with van der Waals surface area (Å²) in [6, 6.07) is 11.8. The maximum absolute atomic E-state index is 12.4. The molecule has 0 saturated carbocycles. The summed E-state index contributed by atoms with van der Waals surface area (Å²) >= 11 is 0. The van der Waals surface area contributed by atoms with E-state index < -0.39 is 5.92 Å². The van der Waals surface area contributed by atoms with E-state index in [2.05, 4.69) is 6.07 Å². The lowest BCUT2D eigenvalue weighted by Gasteiger charge is -2.32. The zero-order chi connectivity index (χ0) is 14.4. The standard InChI is InChI=1S/C16H20N2O2/c1-20-15-7-9-18(10-8-15)16(19)14(12-17)11-13-5-3-2-4-6-13/h2-6,14-15H,7-11H2,1H3. The van der Waals surface area contributed by atoms with Crippen molar-refractivity contribution in [3.63, 3.8) is 0 Å². The number of carbonyl (C=O) groups is 1. The van der Waals surface area contributed by atoms with Gasteiger partial charge in [-0.3, -0.25) is 4.79 Å². The molecule has 0 bridgehead atoms. The van der Waals surface area contributed by atoms with Gasteiger partial charge >= 0.3 is 0 Å². The summed E-state index contributed by atoms with van der Waals surface area (Å²) in [7, 11) is 1.70. The first-order chi connectivity index (χ1) is 9.74. The highest BCUT2D eigenvalue weighted by atomic mass is 16.5. The molecule has 0 aromatic heterocycles. The van der Waals surface area contributed by atoms with E-state index in [-0.39, 0.29) is 12.0 Å². The van der Waals surface area contributed by atoms with Crippen LogP contribution in [0.1, 0.15) is 18.4 Å².